The van der Waals surface area contributed by atoms with E-state index in [2.05, 4.69) is 5.32 Å². The number of anilines is 1. The van der Waals surface area contributed by atoms with Gasteiger partial charge in [0.2, 0.25) is 0 Å². The molecule has 0 fully saturated rings. The number of benzene rings is 1. The fraction of sp³-hybridized carbons (Fsp3) is 0.222. The minimum atomic E-state index is -1.31. The van der Waals surface area contributed by atoms with E-state index in [1.165, 1.54) is 12.1 Å². The second kappa shape index (κ2) is 4.57. The van der Waals surface area contributed by atoms with E-state index in [0.29, 0.717) is 12.2 Å². The molecule has 0 saturated carbocycles. The summed E-state index contributed by atoms with van der Waals surface area (Å²) in [5.74, 6) is -2.08. The molecule has 0 heterocycles. The van der Waals surface area contributed by atoms with Gasteiger partial charge in [-0.05, 0) is 18.2 Å². The molecule has 3 N–H and O–H groups in total. The fourth-order valence-electron chi connectivity index (χ4n) is 0.999. The summed E-state index contributed by atoms with van der Waals surface area (Å²) in [7, 11) is 0. The lowest BCUT2D eigenvalue weighted by Gasteiger charge is -2.05. The Morgan fingerprint density at radius 3 is 2.79 bits per heavy atom. The number of aliphatic hydroxyl groups is 1. The monoisotopic (exact) mass is 199 g/mol. The van der Waals surface area contributed by atoms with Gasteiger partial charge in [0.25, 0.3) is 0 Å². The lowest BCUT2D eigenvalue weighted by molar-refractivity contribution is 0.0692. The first-order valence-electron chi connectivity index (χ1n) is 4.02. The Morgan fingerprint density at radius 1 is 1.50 bits per heavy atom. The molecule has 14 heavy (non-hydrogen) atoms. The van der Waals surface area contributed by atoms with Crippen molar-refractivity contribution in [3.63, 3.8) is 0 Å². The van der Waals surface area contributed by atoms with E-state index in [4.69, 9.17) is 10.2 Å². The molecule has 0 aromatic heterocycles. The van der Waals surface area contributed by atoms with Gasteiger partial charge in [0.1, 0.15) is 5.82 Å². The number of rotatable bonds is 4. The van der Waals surface area contributed by atoms with Crippen molar-refractivity contribution < 1.29 is 19.4 Å². The quantitative estimate of drug-likeness (QED) is 0.674. The topological polar surface area (TPSA) is 69.6 Å². The van der Waals surface area contributed by atoms with Gasteiger partial charge in [0.05, 0.1) is 12.2 Å². The Hall–Kier alpha value is -1.62. The maximum absolute atomic E-state index is 12.9. The Balaban J connectivity index is 2.89. The summed E-state index contributed by atoms with van der Waals surface area (Å²) in [6, 6.07) is 3.67. The molecule has 0 bridgehead atoms. The first kappa shape index (κ1) is 10.5. The van der Waals surface area contributed by atoms with Crippen LogP contribution in [0.2, 0.25) is 0 Å². The van der Waals surface area contributed by atoms with E-state index >= 15 is 0 Å². The predicted octanol–water partition coefficient (Wildman–Crippen LogP) is 0.928. The smallest absolute Gasteiger partial charge is 0.338 e. The van der Waals surface area contributed by atoms with E-state index in [1.807, 2.05) is 0 Å². The van der Waals surface area contributed by atoms with Crippen LogP contribution in [-0.2, 0) is 0 Å². The molecule has 0 unspecified atom stereocenters. The molecule has 0 atom stereocenters. The van der Waals surface area contributed by atoms with Crippen molar-refractivity contribution in [2.24, 2.45) is 0 Å². The fourth-order valence-corrected chi connectivity index (χ4v) is 0.999. The molecular weight excluding hydrogens is 189 g/mol. The third-order valence-corrected chi connectivity index (χ3v) is 1.64. The van der Waals surface area contributed by atoms with Crippen LogP contribution in [0.3, 0.4) is 0 Å². The lowest BCUT2D eigenvalue weighted by atomic mass is 10.2. The van der Waals surface area contributed by atoms with Crippen LogP contribution < -0.4 is 5.32 Å². The van der Waals surface area contributed by atoms with Crippen molar-refractivity contribution in [2.45, 2.75) is 0 Å². The van der Waals surface area contributed by atoms with Crippen LogP contribution in [0, 0.1) is 5.82 Å². The van der Waals surface area contributed by atoms with E-state index < -0.39 is 11.8 Å². The van der Waals surface area contributed by atoms with Crippen LogP contribution in [0.25, 0.3) is 0 Å². The molecule has 0 aliphatic carbocycles. The third-order valence-electron chi connectivity index (χ3n) is 1.64. The van der Waals surface area contributed by atoms with E-state index in [-0.39, 0.29) is 12.2 Å². The molecule has 0 aliphatic rings. The van der Waals surface area contributed by atoms with Gasteiger partial charge in [-0.2, -0.15) is 0 Å². The largest absolute Gasteiger partial charge is 0.478 e. The van der Waals surface area contributed by atoms with Gasteiger partial charge in [0, 0.05) is 12.2 Å². The molecule has 5 heteroatoms. The highest BCUT2D eigenvalue weighted by molar-refractivity contribution is 5.89. The van der Waals surface area contributed by atoms with Crippen molar-refractivity contribution in [3.05, 3.63) is 29.6 Å². The molecule has 0 amide bonds. The van der Waals surface area contributed by atoms with Crippen LogP contribution in [0.1, 0.15) is 10.4 Å². The minimum absolute atomic E-state index is 0.0697. The highest BCUT2D eigenvalue weighted by Gasteiger charge is 2.10. The highest BCUT2D eigenvalue weighted by atomic mass is 19.1. The van der Waals surface area contributed by atoms with Crippen LogP contribution >= 0.6 is 0 Å². The van der Waals surface area contributed by atoms with Crippen LogP contribution in [0.4, 0.5) is 10.1 Å². The summed E-state index contributed by atoms with van der Waals surface area (Å²) in [5, 5.41) is 19.8. The van der Waals surface area contributed by atoms with Gasteiger partial charge in [-0.3, -0.25) is 0 Å². The molecular formula is C9H10FNO3. The number of hydrogen-bond acceptors (Lipinski definition) is 3. The second-order valence-electron chi connectivity index (χ2n) is 2.65. The SMILES string of the molecule is O=C(O)c1cc(NCCO)ccc1F. The van der Waals surface area contributed by atoms with Crippen LogP contribution in [0.15, 0.2) is 18.2 Å². The van der Waals surface area contributed by atoms with Gasteiger partial charge in [-0.25, -0.2) is 9.18 Å². The van der Waals surface area contributed by atoms with Crippen molar-refractivity contribution in [1.29, 1.82) is 0 Å². The van der Waals surface area contributed by atoms with Crippen molar-refractivity contribution in [3.8, 4) is 0 Å². The average molecular weight is 199 g/mol. The normalized spacial score (nSPS) is 9.86. The van der Waals surface area contributed by atoms with Gasteiger partial charge in [-0.1, -0.05) is 0 Å². The number of carboxylic acid groups (broad SMARTS) is 1. The summed E-state index contributed by atoms with van der Waals surface area (Å²) >= 11 is 0. The summed E-state index contributed by atoms with van der Waals surface area (Å²) in [6.45, 7) is 0.227. The van der Waals surface area contributed by atoms with Crippen molar-refractivity contribution in [2.75, 3.05) is 18.5 Å². The number of aliphatic hydroxyl groups excluding tert-OH is 1. The Labute approximate surface area is 80.0 Å². The Bertz CT molecular complexity index is 341. The zero-order valence-corrected chi connectivity index (χ0v) is 7.33. The molecule has 76 valence electrons. The van der Waals surface area contributed by atoms with Crippen LogP contribution in [-0.4, -0.2) is 29.3 Å². The maximum Gasteiger partial charge on any atom is 0.338 e. The number of halogens is 1. The summed E-state index contributed by atoms with van der Waals surface area (Å²) in [4.78, 5) is 10.5. The minimum Gasteiger partial charge on any atom is -0.478 e. The third kappa shape index (κ3) is 2.43. The summed E-state index contributed by atoms with van der Waals surface area (Å²) < 4.78 is 12.9. The van der Waals surface area contributed by atoms with Gasteiger partial charge in [-0.15, -0.1) is 0 Å². The van der Waals surface area contributed by atoms with Gasteiger partial charge >= 0.3 is 5.97 Å². The molecule has 0 spiro atoms. The summed E-state index contributed by atoms with van der Waals surface area (Å²) in [6.07, 6.45) is 0. The van der Waals surface area contributed by atoms with E-state index in [1.54, 1.807) is 0 Å². The second-order valence-corrected chi connectivity index (χ2v) is 2.65. The highest BCUT2D eigenvalue weighted by Crippen LogP contribution is 2.14. The Morgan fingerprint density at radius 2 is 2.21 bits per heavy atom. The number of hydrogen-bond donors (Lipinski definition) is 3. The van der Waals surface area contributed by atoms with Crippen molar-refractivity contribution in [1.82, 2.24) is 0 Å². The standard InChI is InChI=1S/C9H10FNO3/c10-8-2-1-6(11-3-4-12)5-7(8)9(13)14/h1-2,5,11-12H,3-4H2,(H,13,14). The molecule has 1 aromatic rings. The number of carboxylic acids is 1. The lowest BCUT2D eigenvalue weighted by Crippen LogP contribution is -2.07. The maximum atomic E-state index is 12.9. The number of nitrogens with one attached hydrogen (secondary N) is 1. The van der Waals surface area contributed by atoms with Crippen LogP contribution in [0.5, 0.6) is 0 Å². The predicted molar refractivity (Wildman–Crippen MR) is 48.9 cm³/mol. The molecule has 1 aromatic carbocycles. The molecule has 0 radical (unpaired) electrons. The summed E-state index contributed by atoms with van der Waals surface area (Å²) in [5.41, 5.74) is 0.0887. The van der Waals surface area contributed by atoms with Gasteiger partial charge in [0.15, 0.2) is 0 Å². The number of carbonyl (C=O) groups is 1. The molecule has 4 nitrogen and oxygen atoms in total. The zero-order chi connectivity index (χ0) is 10.6. The first-order chi connectivity index (χ1) is 6.65. The molecule has 1 rings (SSSR count). The Kier molecular flexibility index (Phi) is 3.41. The van der Waals surface area contributed by atoms with Crippen molar-refractivity contribution >= 4 is 11.7 Å². The molecule has 0 aliphatic heterocycles. The van der Waals surface area contributed by atoms with Gasteiger partial charge < -0.3 is 15.5 Å². The zero-order valence-electron chi connectivity index (χ0n) is 7.33. The number of aromatic carboxylic acids is 1. The van der Waals surface area contributed by atoms with E-state index in [9.17, 15) is 9.18 Å². The molecule has 0 saturated heterocycles. The first-order valence-corrected chi connectivity index (χ1v) is 4.02. The average Bonchev–Trinajstić information content (AvgIpc) is 2.16. The van der Waals surface area contributed by atoms with E-state index in [0.717, 1.165) is 6.07 Å².